The standard InChI is InChI=1S/C28H28N2O5S/c1-28(2,3)35-27(32)30-23-14-9-15-24(34-17-19-10-6-5-7-11-19)25(23)22(29-30)18-36-21-13-8-12-20(16-21)26(31)33-4/h5-16H,17-18H2,1-4H3. The zero-order valence-electron chi connectivity index (χ0n) is 20.7. The Labute approximate surface area is 214 Å². The lowest BCUT2D eigenvalue weighted by molar-refractivity contribution is 0.0521. The van der Waals surface area contributed by atoms with Gasteiger partial charge in [-0.25, -0.2) is 9.59 Å². The molecule has 0 aliphatic carbocycles. The van der Waals surface area contributed by atoms with Crippen LogP contribution in [0.15, 0.2) is 77.7 Å². The number of fused-ring (bicyclic) bond motifs is 1. The first-order chi connectivity index (χ1) is 17.2. The first kappa shape index (κ1) is 25.3. The van der Waals surface area contributed by atoms with Gasteiger partial charge in [0.15, 0.2) is 0 Å². The number of carbonyl (C=O) groups is 2. The highest BCUT2D eigenvalue weighted by Gasteiger charge is 2.24. The number of esters is 1. The third-order valence-corrected chi connectivity index (χ3v) is 6.18. The quantitative estimate of drug-likeness (QED) is 0.211. The Balaban J connectivity index is 1.69. The molecule has 0 saturated carbocycles. The van der Waals surface area contributed by atoms with E-state index >= 15 is 0 Å². The minimum absolute atomic E-state index is 0.380. The summed E-state index contributed by atoms with van der Waals surface area (Å²) < 4.78 is 17.9. The Kier molecular flexibility index (Phi) is 7.64. The van der Waals surface area contributed by atoms with E-state index < -0.39 is 17.7 Å². The lowest BCUT2D eigenvalue weighted by Gasteiger charge is -2.19. The van der Waals surface area contributed by atoms with Crippen LogP contribution in [-0.2, 0) is 21.8 Å². The van der Waals surface area contributed by atoms with Gasteiger partial charge in [-0.2, -0.15) is 9.78 Å². The van der Waals surface area contributed by atoms with Crippen LogP contribution in [0.3, 0.4) is 0 Å². The molecule has 0 aliphatic heterocycles. The van der Waals surface area contributed by atoms with Gasteiger partial charge in [-0.3, -0.25) is 0 Å². The molecule has 4 aromatic rings. The van der Waals surface area contributed by atoms with Crippen molar-refractivity contribution in [2.45, 2.75) is 43.6 Å². The maximum absolute atomic E-state index is 13.0. The largest absolute Gasteiger partial charge is 0.488 e. The lowest BCUT2D eigenvalue weighted by Crippen LogP contribution is -2.27. The summed E-state index contributed by atoms with van der Waals surface area (Å²) in [5, 5.41) is 5.37. The first-order valence-corrected chi connectivity index (χ1v) is 12.5. The number of nitrogens with zero attached hydrogens (tertiary/aromatic N) is 2. The molecule has 0 amide bonds. The van der Waals surface area contributed by atoms with Gasteiger partial charge >= 0.3 is 12.1 Å². The topological polar surface area (TPSA) is 79.7 Å². The molecule has 0 saturated heterocycles. The van der Waals surface area contributed by atoms with Crippen LogP contribution in [0.1, 0.15) is 42.4 Å². The van der Waals surface area contributed by atoms with Crippen molar-refractivity contribution in [2.75, 3.05) is 7.11 Å². The monoisotopic (exact) mass is 504 g/mol. The summed E-state index contributed by atoms with van der Waals surface area (Å²) in [6.45, 7) is 5.83. The lowest BCUT2D eigenvalue weighted by atomic mass is 10.2. The molecule has 0 fully saturated rings. The summed E-state index contributed by atoms with van der Waals surface area (Å²) in [5.74, 6) is 0.682. The normalized spacial score (nSPS) is 11.3. The van der Waals surface area contributed by atoms with Gasteiger partial charge in [-0.05, 0) is 56.7 Å². The van der Waals surface area contributed by atoms with Gasteiger partial charge in [0.2, 0.25) is 0 Å². The van der Waals surface area contributed by atoms with Gasteiger partial charge in [0.25, 0.3) is 0 Å². The van der Waals surface area contributed by atoms with Gasteiger partial charge in [-0.15, -0.1) is 11.8 Å². The van der Waals surface area contributed by atoms with Crippen LogP contribution in [-0.4, -0.2) is 34.6 Å². The number of thioether (sulfide) groups is 1. The zero-order chi connectivity index (χ0) is 25.7. The summed E-state index contributed by atoms with van der Waals surface area (Å²) >= 11 is 1.50. The number of benzene rings is 3. The first-order valence-electron chi connectivity index (χ1n) is 11.5. The smallest absolute Gasteiger partial charge is 0.435 e. The summed E-state index contributed by atoms with van der Waals surface area (Å²) in [5.41, 5.74) is 2.12. The summed E-state index contributed by atoms with van der Waals surface area (Å²) in [6.07, 6.45) is -0.559. The Morgan fingerprint density at radius 2 is 1.72 bits per heavy atom. The molecule has 0 bridgehead atoms. The molecule has 3 aromatic carbocycles. The highest BCUT2D eigenvalue weighted by atomic mass is 32.2. The van der Waals surface area contributed by atoms with Gasteiger partial charge in [0.1, 0.15) is 18.0 Å². The van der Waals surface area contributed by atoms with E-state index in [9.17, 15) is 9.59 Å². The molecule has 0 aliphatic rings. The Hall–Kier alpha value is -3.78. The second-order valence-electron chi connectivity index (χ2n) is 9.07. The van der Waals surface area contributed by atoms with E-state index in [2.05, 4.69) is 5.10 Å². The molecule has 1 heterocycles. The third kappa shape index (κ3) is 6.07. The van der Waals surface area contributed by atoms with E-state index in [1.165, 1.54) is 23.6 Å². The van der Waals surface area contributed by atoms with E-state index in [0.29, 0.717) is 34.9 Å². The number of aromatic nitrogens is 2. The van der Waals surface area contributed by atoms with Crippen LogP contribution in [0, 0.1) is 0 Å². The van der Waals surface area contributed by atoms with Crippen molar-refractivity contribution in [3.63, 3.8) is 0 Å². The molecular formula is C28H28N2O5S. The fraction of sp³-hybridized carbons (Fsp3) is 0.250. The number of hydrogen-bond donors (Lipinski definition) is 0. The van der Waals surface area contributed by atoms with Gasteiger partial charge in [0, 0.05) is 10.6 Å². The molecule has 0 N–H and O–H groups in total. The number of methoxy groups -OCH3 is 1. The zero-order valence-corrected chi connectivity index (χ0v) is 21.5. The van der Waals surface area contributed by atoms with Crippen molar-refractivity contribution < 1.29 is 23.8 Å². The molecule has 0 unspecified atom stereocenters. The average molecular weight is 505 g/mol. The van der Waals surface area contributed by atoms with E-state index in [1.807, 2.05) is 75.4 Å². The molecule has 186 valence electrons. The molecule has 4 rings (SSSR count). The highest BCUT2D eigenvalue weighted by molar-refractivity contribution is 7.98. The molecule has 8 heteroatoms. The fourth-order valence-electron chi connectivity index (χ4n) is 3.59. The minimum Gasteiger partial charge on any atom is -0.488 e. The average Bonchev–Trinajstić information content (AvgIpc) is 3.25. The van der Waals surface area contributed by atoms with Crippen molar-refractivity contribution in [3.05, 3.63) is 89.6 Å². The fourth-order valence-corrected chi connectivity index (χ4v) is 4.48. The highest BCUT2D eigenvalue weighted by Crippen LogP contribution is 2.34. The molecule has 0 spiro atoms. The van der Waals surface area contributed by atoms with E-state index in [0.717, 1.165) is 15.8 Å². The van der Waals surface area contributed by atoms with Crippen LogP contribution in [0.25, 0.3) is 10.9 Å². The van der Waals surface area contributed by atoms with Gasteiger partial charge in [0.05, 0.1) is 29.3 Å². The Morgan fingerprint density at radius 1 is 0.972 bits per heavy atom. The van der Waals surface area contributed by atoms with E-state index in [-0.39, 0.29) is 0 Å². The van der Waals surface area contributed by atoms with Crippen molar-refractivity contribution in [1.82, 2.24) is 9.78 Å². The van der Waals surface area contributed by atoms with Crippen LogP contribution in [0.5, 0.6) is 5.75 Å². The van der Waals surface area contributed by atoms with E-state index in [1.54, 1.807) is 18.2 Å². The molecule has 1 aromatic heterocycles. The number of ether oxygens (including phenoxy) is 3. The van der Waals surface area contributed by atoms with Crippen molar-refractivity contribution in [3.8, 4) is 5.75 Å². The number of hydrogen-bond acceptors (Lipinski definition) is 7. The Bertz CT molecular complexity index is 1380. The second-order valence-corrected chi connectivity index (χ2v) is 10.1. The van der Waals surface area contributed by atoms with Crippen molar-refractivity contribution in [1.29, 1.82) is 0 Å². The molecule has 0 atom stereocenters. The van der Waals surface area contributed by atoms with Crippen LogP contribution in [0.2, 0.25) is 0 Å². The van der Waals surface area contributed by atoms with Gasteiger partial charge < -0.3 is 14.2 Å². The van der Waals surface area contributed by atoms with E-state index in [4.69, 9.17) is 14.2 Å². The predicted molar refractivity (Wildman–Crippen MR) is 139 cm³/mol. The number of rotatable bonds is 7. The van der Waals surface area contributed by atoms with Crippen molar-refractivity contribution >= 4 is 34.7 Å². The second kappa shape index (κ2) is 10.9. The summed E-state index contributed by atoms with van der Waals surface area (Å²) in [4.78, 5) is 25.8. The maximum atomic E-state index is 13.0. The van der Waals surface area contributed by atoms with Crippen LogP contribution >= 0.6 is 11.8 Å². The summed E-state index contributed by atoms with van der Waals surface area (Å²) in [6, 6.07) is 22.6. The number of carbonyl (C=O) groups excluding carboxylic acids is 2. The SMILES string of the molecule is COC(=O)c1cccc(SCc2nn(C(=O)OC(C)(C)C)c3cccc(OCc4ccccc4)c23)c1. The molecular weight excluding hydrogens is 476 g/mol. The Morgan fingerprint density at radius 3 is 2.44 bits per heavy atom. The summed E-state index contributed by atoms with van der Waals surface area (Å²) in [7, 11) is 1.36. The van der Waals surface area contributed by atoms with Gasteiger partial charge in [-0.1, -0.05) is 42.5 Å². The molecule has 36 heavy (non-hydrogen) atoms. The van der Waals surface area contributed by atoms with Crippen molar-refractivity contribution in [2.24, 2.45) is 0 Å². The maximum Gasteiger partial charge on any atom is 0.435 e. The van der Waals surface area contributed by atoms with Crippen LogP contribution < -0.4 is 4.74 Å². The predicted octanol–water partition coefficient (Wildman–Crippen LogP) is 6.48. The third-order valence-electron chi connectivity index (χ3n) is 5.18. The molecule has 0 radical (unpaired) electrons. The van der Waals surface area contributed by atoms with Crippen LogP contribution in [0.4, 0.5) is 4.79 Å². The molecule has 7 nitrogen and oxygen atoms in total. The minimum atomic E-state index is -0.667.